The van der Waals surface area contributed by atoms with E-state index in [0.717, 1.165) is 32.3 Å². The van der Waals surface area contributed by atoms with Crippen LogP contribution in [0.15, 0.2) is 4.52 Å². The molecule has 0 aliphatic carbocycles. The minimum Gasteiger partial charge on any atom is -0.367 e. The van der Waals surface area contributed by atoms with E-state index in [2.05, 4.69) is 24.0 Å². The summed E-state index contributed by atoms with van der Waals surface area (Å²) < 4.78 is 11.1. The molecule has 0 spiro atoms. The molecule has 18 heavy (non-hydrogen) atoms. The zero-order valence-electron chi connectivity index (χ0n) is 11.5. The molecular weight excluding hydrogens is 230 g/mol. The molecule has 2 heterocycles. The van der Waals surface area contributed by atoms with Crippen molar-refractivity contribution in [2.45, 2.75) is 58.1 Å². The number of nitrogens with two attached hydrogens (primary N) is 1. The second-order valence-corrected chi connectivity index (χ2v) is 5.40. The first kappa shape index (κ1) is 13.5. The van der Waals surface area contributed by atoms with Crippen molar-refractivity contribution >= 4 is 0 Å². The lowest BCUT2D eigenvalue weighted by molar-refractivity contribution is -0.0770. The van der Waals surface area contributed by atoms with E-state index in [1.807, 2.05) is 6.92 Å². The van der Waals surface area contributed by atoms with Crippen molar-refractivity contribution in [2.75, 3.05) is 6.61 Å². The second-order valence-electron chi connectivity index (χ2n) is 5.40. The van der Waals surface area contributed by atoms with Gasteiger partial charge in [-0.3, -0.25) is 0 Å². The number of rotatable bonds is 4. The molecule has 2 N–H and O–H groups in total. The number of ether oxygens (including phenoxy) is 1. The molecule has 2 rings (SSSR count). The fourth-order valence-corrected chi connectivity index (χ4v) is 2.19. The summed E-state index contributed by atoms with van der Waals surface area (Å²) in [4.78, 5) is 4.45. The van der Waals surface area contributed by atoms with Crippen molar-refractivity contribution in [1.82, 2.24) is 10.1 Å². The van der Waals surface area contributed by atoms with E-state index >= 15 is 0 Å². The second kappa shape index (κ2) is 5.36. The first-order valence-corrected chi connectivity index (χ1v) is 6.80. The molecule has 1 aliphatic heterocycles. The van der Waals surface area contributed by atoms with E-state index in [1.165, 1.54) is 0 Å². The van der Waals surface area contributed by atoms with Gasteiger partial charge in [0.25, 0.3) is 0 Å². The molecule has 1 aromatic heterocycles. The minimum atomic E-state index is -0.408. The summed E-state index contributed by atoms with van der Waals surface area (Å²) in [5.74, 6) is 1.49. The van der Waals surface area contributed by atoms with E-state index in [4.69, 9.17) is 15.0 Å². The van der Waals surface area contributed by atoms with E-state index in [-0.39, 0.29) is 6.04 Å². The summed E-state index contributed by atoms with van der Waals surface area (Å²) in [5.41, 5.74) is 5.69. The maximum Gasteiger partial charge on any atom is 0.243 e. The molecule has 0 radical (unpaired) electrons. The van der Waals surface area contributed by atoms with Crippen LogP contribution in [-0.2, 0) is 10.3 Å². The van der Waals surface area contributed by atoms with Gasteiger partial charge in [0.05, 0.1) is 6.04 Å². The molecule has 0 saturated carbocycles. The number of nitrogens with zero attached hydrogens (tertiary/aromatic N) is 2. The monoisotopic (exact) mass is 253 g/mol. The summed E-state index contributed by atoms with van der Waals surface area (Å²) in [6.07, 6.45) is 4.17. The third kappa shape index (κ3) is 2.57. The predicted octanol–water partition coefficient (Wildman–Crippen LogP) is 2.53. The van der Waals surface area contributed by atoms with Crippen LogP contribution in [0.3, 0.4) is 0 Å². The lowest BCUT2D eigenvalue weighted by atomic mass is 9.95. The zero-order valence-corrected chi connectivity index (χ0v) is 11.5. The molecule has 1 aromatic rings. The molecule has 1 aliphatic rings. The standard InChI is InChI=1S/C13H23N3O2/c1-4-9(2)10(14)11-15-12(16-18-11)13(3)7-5-6-8-17-13/h9-10H,4-8,14H2,1-3H3/t9-,10-,13?/m0/s1. The Balaban J connectivity index is 2.14. The van der Waals surface area contributed by atoms with Crippen LogP contribution in [0, 0.1) is 5.92 Å². The van der Waals surface area contributed by atoms with Gasteiger partial charge in [-0.05, 0) is 32.1 Å². The summed E-state index contributed by atoms with van der Waals surface area (Å²) in [5, 5.41) is 4.06. The Kier molecular flexibility index (Phi) is 4.02. The third-order valence-corrected chi connectivity index (χ3v) is 3.93. The molecule has 0 amide bonds. The van der Waals surface area contributed by atoms with Crippen molar-refractivity contribution in [3.05, 3.63) is 11.7 Å². The zero-order chi connectivity index (χ0) is 13.2. The highest BCUT2D eigenvalue weighted by Gasteiger charge is 2.35. The van der Waals surface area contributed by atoms with Gasteiger partial charge < -0.3 is 15.0 Å². The lowest BCUT2D eigenvalue weighted by Gasteiger charge is -2.30. The van der Waals surface area contributed by atoms with Crippen LogP contribution in [0.1, 0.15) is 64.2 Å². The average molecular weight is 253 g/mol. The van der Waals surface area contributed by atoms with Gasteiger partial charge in [0.2, 0.25) is 11.7 Å². The van der Waals surface area contributed by atoms with Gasteiger partial charge in [0, 0.05) is 6.61 Å². The highest BCUT2D eigenvalue weighted by Crippen LogP contribution is 2.33. The lowest BCUT2D eigenvalue weighted by Crippen LogP contribution is -2.31. The highest BCUT2D eigenvalue weighted by molar-refractivity contribution is 5.03. The number of hydrogen-bond acceptors (Lipinski definition) is 5. The van der Waals surface area contributed by atoms with E-state index in [0.29, 0.717) is 17.6 Å². The number of aromatic nitrogens is 2. The quantitative estimate of drug-likeness (QED) is 0.892. The Hall–Kier alpha value is -0.940. The largest absolute Gasteiger partial charge is 0.367 e. The van der Waals surface area contributed by atoms with Gasteiger partial charge in [-0.1, -0.05) is 25.4 Å². The first-order chi connectivity index (χ1) is 8.57. The van der Waals surface area contributed by atoms with Crippen LogP contribution in [0.25, 0.3) is 0 Å². The Morgan fingerprint density at radius 2 is 2.22 bits per heavy atom. The molecule has 3 atom stereocenters. The van der Waals surface area contributed by atoms with E-state index in [9.17, 15) is 0 Å². The van der Waals surface area contributed by atoms with Crippen molar-refractivity contribution < 1.29 is 9.26 Å². The molecule has 5 nitrogen and oxygen atoms in total. The van der Waals surface area contributed by atoms with Crippen molar-refractivity contribution in [2.24, 2.45) is 11.7 Å². The summed E-state index contributed by atoms with van der Waals surface area (Å²) in [6.45, 7) is 6.98. The van der Waals surface area contributed by atoms with Crippen LogP contribution in [-0.4, -0.2) is 16.7 Å². The maximum atomic E-state index is 6.10. The molecular formula is C13H23N3O2. The summed E-state index contributed by atoms with van der Waals surface area (Å²) >= 11 is 0. The van der Waals surface area contributed by atoms with Crippen LogP contribution in [0.2, 0.25) is 0 Å². The Morgan fingerprint density at radius 1 is 1.44 bits per heavy atom. The van der Waals surface area contributed by atoms with Gasteiger partial charge in [-0.15, -0.1) is 0 Å². The van der Waals surface area contributed by atoms with Crippen LogP contribution in [0.5, 0.6) is 0 Å². The molecule has 0 bridgehead atoms. The molecule has 0 aromatic carbocycles. The van der Waals surface area contributed by atoms with Crippen molar-refractivity contribution in [3.8, 4) is 0 Å². The first-order valence-electron chi connectivity index (χ1n) is 6.80. The topological polar surface area (TPSA) is 74.2 Å². The van der Waals surface area contributed by atoms with E-state index in [1.54, 1.807) is 0 Å². The normalized spacial score (nSPS) is 28.0. The fraction of sp³-hybridized carbons (Fsp3) is 0.846. The van der Waals surface area contributed by atoms with Crippen LogP contribution < -0.4 is 5.73 Å². The summed E-state index contributed by atoms with van der Waals surface area (Å²) in [7, 11) is 0. The van der Waals surface area contributed by atoms with Crippen LogP contribution in [0.4, 0.5) is 0 Å². The predicted molar refractivity (Wildman–Crippen MR) is 67.8 cm³/mol. The maximum absolute atomic E-state index is 6.10. The summed E-state index contributed by atoms with van der Waals surface area (Å²) in [6, 6.07) is -0.191. The van der Waals surface area contributed by atoms with Gasteiger partial charge in [-0.2, -0.15) is 4.98 Å². The van der Waals surface area contributed by atoms with Gasteiger partial charge in [0.15, 0.2) is 0 Å². The Morgan fingerprint density at radius 3 is 2.83 bits per heavy atom. The van der Waals surface area contributed by atoms with Crippen molar-refractivity contribution in [3.63, 3.8) is 0 Å². The molecule has 5 heteroatoms. The molecule has 102 valence electrons. The van der Waals surface area contributed by atoms with Crippen LogP contribution >= 0.6 is 0 Å². The smallest absolute Gasteiger partial charge is 0.243 e. The van der Waals surface area contributed by atoms with Gasteiger partial charge in [-0.25, -0.2) is 0 Å². The average Bonchev–Trinajstić information content (AvgIpc) is 2.88. The number of hydrogen-bond donors (Lipinski definition) is 1. The Bertz CT molecular complexity index is 385. The molecule has 1 unspecified atom stereocenters. The SMILES string of the molecule is CC[C@H](C)[C@H](N)c1nc(C2(C)CCCCO2)no1. The van der Waals surface area contributed by atoms with E-state index < -0.39 is 5.60 Å². The van der Waals surface area contributed by atoms with Gasteiger partial charge in [0.1, 0.15) is 5.60 Å². The van der Waals surface area contributed by atoms with Crippen molar-refractivity contribution in [1.29, 1.82) is 0 Å². The van der Waals surface area contributed by atoms with Gasteiger partial charge >= 0.3 is 0 Å². The minimum absolute atomic E-state index is 0.191. The third-order valence-electron chi connectivity index (χ3n) is 3.93. The Labute approximate surface area is 108 Å². The highest BCUT2D eigenvalue weighted by atomic mass is 16.5. The fourth-order valence-electron chi connectivity index (χ4n) is 2.19. The molecule has 1 fully saturated rings. The molecule has 1 saturated heterocycles.